The van der Waals surface area contributed by atoms with Gasteiger partial charge in [-0.05, 0) is 12.1 Å². The number of carbonyl (C=O) groups is 1. The maximum atomic E-state index is 12.5. The van der Waals surface area contributed by atoms with Gasteiger partial charge in [0, 0.05) is 35.5 Å². The van der Waals surface area contributed by atoms with Crippen molar-refractivity contribution in [1.29, 1.82) is 0 Å². The van der Waals surface area contributed by atoms with Gasteiger partial charge in [0.1, 0.15) is 28.2 Å². The lowest BCUT2D eigenvalue weighted by Gasteiger charge is -2.12. The lowest BCUT2D eigenvalue weighted by molar-refractivity contribution is -0.118. The minimum Gasteiger partial charge on any atom is -0.507 e. The highest BCUT2D eigenvalue weighted by atomic mass is 16.5. The Morgan fingerprint density at radius 1 is 0.970 bits per heavy atom. The highest BCUT2D eigenvalue weighted by Gasteiger charge is 2.14. The summed E-state index contributed by atoms with van der Waals surface area (Å²) in [5.74, 6) is 0.818. The minimum atomic E-state index is -0.429. The van der Waals surface area contributed by atoms with Crippen LogP contribution in [-0.4, -0.2) is 31.8 Å². The van der Waals surface area contributed by atoms with E-state index >= 15 is 0 Å². The van der Waals surface area contributed by atoms with Crippen molar-refractivity contribution in [3.05, 3.63) is 77.0 Å². The molecule has 8 nitrogen and oxygen atoms in total. The molecule has 0 aliphatic heterocycles. The SMILES string of the molecule is COc1ccc(NC(=O)COc2cc(O)c3c(=O)cc(-c4ccccc4)oc3c2)cc1OC. The fraction of sp³-hybridized carbons (Fsp3) is 0.120. The van der Waals surface area contributed by atoms with Crippen molar-refractivity contribution in [2.45, 2.75) is 0 Å². The monoisotopic (exact) mass is 447 g/mol. The summed E-state index contributed by atoms with van der Waals surface area (Å²) in [7, 11) is 3.02. The highest BCUT2D eigenvalue weighted by Crippen LogP contribution is 2.32. The van der Waals surface area contributed by atoms with Gasteiger partial charge < -0.3 is 29.1 Å². The van der Waals surface area contributed by atoms with Crippen molar-refractivity contribution < 1.29 is 28.5 Å². The van der Waals surface area contributed by atoms with Gasteiger partial charge in [0.15, 0.2) is 23.5 Å². The van der Waals surface area contributed by atoms with Crippen LogP contribution in [-0.2, 0) is 4.79 Å². The van der Waals surface area contributed by atoms with E-state index in [1.54, 1.807) is 18.2 Å². The third kappa shape index (κ3) is 4.74. The van der Waals surface area contributed by atoms with Crippen LogP contribution in [0.3, 0.4) is 0 Å². The van der Waals surface area contributed by atoms with Crippen LogP contribution in [0.15, 0.2) is 75.9 Å². The number of aromatic hydroxyl groups is 1. The molecule has 0 saturated carbocycles. The zero-order valence-corrected chi connectivity index (χ0v) is 18.0. The third-order valence-electron chi connectivity index (χ3n) is 4.88. The Labute approximate surface area is 188 Å². The van der Waals surface area contributed by atoms with Crippen LogP contribution in [0.2, 0.25) is 0 Å². The predicted octanol–water partition coefficient (Wildman–Crippen LogP) is 4.20. The quantitative estimate of drug-likeness (QED) is 0.437. The molecule has 0 bridgehead atoms. The molecule has 0 unspecified atom stereocenters. The first kappa shape index (κ1) is 21.8. The number of ether oxygens (including phenoxy) is 3. The molecule has 33 heavy (non-hydrogen) atoms. The normalized spacial score (nSPS) is 10.6. The van der Waals surface area contributed by atoms with Crippen molar-refractivity contribution >= 4 is 22.6 Å². The zero-order chi connectivity index (χ0) is 23.4. The van der Waals surface area contributed by atoms with Gasteiger partial charge in [-0.2, -0.15) is 0 Å². The number of hydrogen-bond acceptors (Lipinski definition) is 7. The summed E-state index contributed by atoms with van der Waals surface area (Å²) in [5.41, 5.74) is 0.986. The molecule has 8 heteroatoms. The minimum absolute atomic E-state index is 0.0387. The largest absolute Gasteiger partial charge is 0.507 e. The van der Waals surface area contributed by atoms with E-state index < -0.39 is 5.91 Å². The number of carbonyl (C=O) groups excluding carboxylic acids is 1. The van der Waals surface area contributed by atoms with Crippen molar-refractivity contribution in [2.75, 3.05) is 26.1 Å². The summed E-state index contributed by atoms with van der Waals surface area (Å²) in [6.07, 6.45) is 0. The number of phenols is 1. The molecule has 1 aromatic heterocycles. The number of methoxy groups -OCH3 is 2. The molecule has 0 radical (unpaired) electrons. The van der Waals surface area contributed by atoms with E-state index in [0.717, 1.165) is 5.56 Å². The molecule has 1 heterocycles. The molecule has 4 rings (SSSR count). The molecule has 0 atom stereocenters. The molecule has 1 amide bonds. The van der Waals surface area contributed by atoms with Gasteiger partial charge in [-0.15, -0.1) is 0 Å². The Balaban J connectivity index is 1.53. The summed E-state index contributed by atoms with van der Waals surface area (Å²) in [4.78, 5) is 24.9. The first-order chi connectivity index (χ1) is 16.0. The van der Waals surface area contributed by atoms with E-state index in [9.17, 15) is 14.7 Å². The van der Waals surface area contributed by atoms with Crippen LogP contribution in [0.25, 0.3) is 22.3 Å². The Bertz CT molecular complexity index is 1360. The Kier molecular flexibility index (Phi) is 6.17. The van der Waals surface area contributed by atoms with Crippen molar-refractivity contribution in [3.63, 3.8) is 0 Å². The second kappa shape index (κ2) is 9.35. The molecule has 0 saturated heterocycles. The standard InChI is InChI=1S/C25H21NO7/c1-30-20-9-8-16(10-22(20)31-2)26-24(29)14-32-17-11-18(27)25-19(28)13-21(33-23(25)12-17)15-6-4-3-5-7-15/h3-13,27H,14H2,1-2H3,(H,26,29). The van der Waals surface area contributed by atoms with E-state index in [4.69, 9.17) is 18.6 Å². The maximum absolute atomic E-state index is 12.5. The van der Waals surface area contributed by atoms with Crippen LogP contribution in [0.5, 0.6) is 23.0 Å². The van der Waals surface area contributed by atoms with Gasteiger partial charge in [0.25, 0.3) is 5.91 Å². The first-order valence-electron chi connectivity index (χ1n) is 9.99. The second-order valence-electron chi connectivity index (χ2n) is 7.06. The number of phenolic OH excluding ortho intramolecular Hbond substituents is 1. The van der Waals surface area contributed by atoms with Gasteiger partial charge >= 0.3 is 0 Å². The number of benzene rings is 3. The number of amides is 1. The number of nitrogens with one attached hydrogen (secondary N) is 1. The Hall–Kier alpha value is -4.46. The van der Waals surface area contributed by atoms with Gasteiger partial charge in [0.2, 0.25) is 0 Å². The number of fused-ring (bicyclic) bond motifs is 1. The third-order valence-corrected chi connectivity index (χ3v) is 4.88. The molecule has 2 N–H and O–H groups in total. The van der Waals surface area contributed by atoms with Crippen LogP contribution >= 0.6 is 0 Å². The van der Waals surface area contributed by atoms with Crippen LogP contribution in [0, 0.1) is 0 Å². The van der Waals surface area contributed by atoms with E-state index in [1.165, 1.54) is 32.4 Å². The average molecular weight is 447 g/mol. The molecule has 4 aromatic rings. The van der Waals surface area contributed by atoms with Gasteiger partial charge in [-0.25, -0.2) is 0 Å². The maximum Gasteiger partial charge on any atom is 0.262 e. The van der Waals surface area contributed by atoms with Crippen LogP contribution < -0.4 is 25.0 Å². The summed E-state index contributed by atoms with van der Waals surface area (Å²) in [5, 5.41) is 13.1. The Morgan fingerprint density at radius 2 is 1.73 bits per heavy atom. The second-order valence-corrected chi connectivity index (χ2v) is 7.06. The summed E-state index contributed by atoms with van der Waals surface area (Å²) in [6, 6.07) is 18.1. The van der Waals surface area contributed by atoms with Crippen molar-refractivity contribution in [3.8, 4) is 34.3 Å². The lowest BCUT2D eigenvalue weighted by Crippen LogP contribution is -2.20. The molecule has 0 aliphatic rings. The van der Waals surface area contributed by atoms with Crippen LogP contribution in [0.4, 0.5) is 5.69 Å². The van der Waals surface area contributed by atoms with Crippen LogP contribution in [0.1, 0.15) is 0 Å². The van der Waals surface area contributed by atoms with Gasteiger partial charge in [-0.1, -0.05) is 30.3 Å². The molecule has 0 fully saturated rings. The number of rotatable bonds is 7. The van der Waals surface area contributed by atoms with E-state index in [0.29, 0.717) is 22.9 Å². The molecule has 168 valence electrons. The number of hydrogen-bond donors (Lipinski definition) is 2. The lowest BCUT2D eigenvalue weighted by atomic mass is 10.1. The first-order valence-corrected chi connectivity index (χ1v) is 9.99. The van der Waals surface area contributed by atoms with E-state index in [-0.39, 0.29) is 34.5 Å². The smallest absolute Gasteiger partial charge is 0.262 e. The zero-order valence-electron chi connectivity index (χ0n) is 18.0. The highest BCUT2D eigenvalue weighted by molar-refractivity contribution is 5.92. The number of anilines is 1. The molecule has 0 aliphatic carbocycles. The summed E-state index contributed by atoms with van der Waals surface area (Å²) in [6.45, 7) is -0.331. The van der Waals surface area contributed by atoms with E-state index in [1.807, 2.05) is 30.3 Å². The van der Waals surface area contributed by atoms with E-state index in [2.05, 4.69) is 5.32 Å². The average Bonchev–Trinajstić information content (AvgIpc) is 2.82. The topological polar surface area (TPSA) is 107 Å². The molecule has 0 spiro atoms. The molecular weight excluding hydrogens is 426 g/mol. The van der Waals surface area contributed by atoms with Gasteiger partial charge in [-0.3, -0.25) is 9.59 Å². The Morgan fingerprint density at radius 3 is 2.45 bits per heavy atom. The fourth-order valence-electron chi connectivity index (χ4n) is 3.33. The summed E-state index contributed by atoms with van der Waals surface area (Å²) < 4.78 is 21.8. The van der Waals surface area contributed by atoms with Gasteiger partial charge in [0.05, 0.1) is 14.2 Å². The fourth-order valence-corrected chi connectivity index (χ4v) is 3.33. The predicted molar refractivity (Wildman–Crippen MR) is 123 cm³/mol. The molecular formula is C25H21NO7. The molecule has 3 aromatic carbocycles. The summed E-state index contributed by atoms with van der Waals surface area (Å²) >= 11 is 0. The van der Waals surface area contributed by atoms with Crippen molar-refractivity contribution in [1.82, 2.24) is 0 Å². The van der Waals surface area contributed by atoms with Crippen molar-refractivity contribution in [2.24, 2.45) is 0 Å².